The summed E-state index contributed by atoms with van der Waals surface area (Å²) in [4.78, 5) is 0. The lowest BCUT2D eigenvalue weighted by atomic mass is 10.1. The van der Waals surface area contributed by atoms with Gasteiger partial charge in [-0.25, -0.2) is 4.39 Å². The van der Waals surface area contributed by atoms with Gasteiger partial charge in [0.15, 0.2) is 0 Å². The van der Waals surface area contributed by atoms with Crippen LogP contribution >= 0.6 is 0 Å². The normalized spacial score (nSPS) is 18.5. The molecular weight excluding hydrogens is 280 g/mol. The van der Waals surface area contributed by atoms with Gasteiger partial charge in [0.05, 0.1) is 12.7 Å². The maximum absolute atomic E-state index is 13.9. The lowest BCUT2D eigenvalue weighted by Crippen LogP contribution is -2.33. The number of nitrogens with zero attached hydrogens (tertiary/aromatic N) is 2. The van der Waals surface area contributed by atoms with Crippen LogP contribution < -0.4 is 10.1 Å². The summed E-state index contributed by atoms with van der Waals surface area (Å²) in [5, 5.41) is 9.95. The van der Waals surface area contributed by atoms with Crippen LogP contribution in [0.4, 0.5) is 8.78 Å². The van der Waals surface area contributed by atoms with Crippen molar-refractivity contribution in [3.8, 4) is 11.6 Å². The van der Waals surface area contributed by atoms with Crippen molar-refractivity contribution >= 4 is 0 Å². The molecular formula is C14H13F2N3O2. The van der Waals surface area contributed by atoms with E-state index in [2.05, 4.69) is 15.5 Å². The summed E-state index contributed by atoms with van der Waals surface area (Å²) < 4.78 is 37.6. The zero-order valence-electron chi connectivity index (χ0n) is 11.1. The summed E-state index contributed by atoms with van der Waals surface area (Å²) >= 11 is 0. The monoisotopic (exact) mass is 293 g/mol. The van der Waals surface area contributed by atoms with Gasteiger partial charge in [-0.2, -0.15) is 4.39 Å². The van der Waals surface area contributed by atoms with Crippen LogP contribution in [0, 0.1) is 11.8 Å². The first-order chi connectivity index (χ1) is 10.2. The zero-order valence-corrected chi connectivity index (χ0v) is 11.1. The van der Waals surface area contributed by atoms with E-state index in [1.807, 2.05) is 0 Å². The second-order valence-electron chi connectivity index (χ2n) is 4.54. The van der Waals surface area contributed by atoms with Gasteiger partial charge in [-0.3, -0.25) is 0 Å². The Morgan fingerprint density at radius 2 is 2.10 bits per heavy atom. The number of benzene rings is 1. The number of rotatable bonds is 3. The van der Waals surface area contributed by atoms with Crippen LogP contribution in [-0.2, 0) is 4.74 Å². The smallest absolute Gasteiger partial charge is 0.239 e. The number of halogens is 2. The summed E-state index contributed by atoms with van der Waals surface area (Å²) in [6.45, 7) is 1.81. The Hall–Kier alpha value is -2.12. The van der Waals surface area contributed by atoms with E-state index in [1.165, 1.54) is 18.2 Å². The summed E-state index contributed by atoms with van der Waals surface area (Å²) in [6, 6.07) is 6.82. The molecule has 5 nitrogen and oxygen atoms in total. The van der Waals surface area contributed by atoms with Crippen LogP contribution in [0.3, 0.4) is 0 Å². The average molecular weight is 293 g/mol. The van der Waals surface area contributed by atoms with E-state index < -0.39 is 5.95 Å². The molecule has 0 radical (unpaired) electrons. The molecule has 1 saturated heterocycles. The number of hydrogen-bond acceptors (Lipinski definition) is 5. The predicted octanol–water partition coefficient (Wildman–Crippen LogP) is 2.21. The number of ether oxygens (including phenoxy) is 2. The molecule has 0 bridgehead atoms. The molecule has 1 aromatic heterocycles. The van der Waals surface area contributed by atoms with Gasteiger partial charge in [-0.05, 0) is 18.2 Å². The molecule has 1 aliphatic heterocycles. The fourth-order valence-corrected chi connectivity index (χ4v) is 2.08. The molecule has 2 heterocycles. The first kappa shape index (κ1) is 13.8. The van der Waals surface area contributed by atoms with Crippen LogP contribution in [0.5, 0.6) is 11.6 Å². The predicted molar refractivity (Wildman–Crippen MR) is 70.0 cm³/mol. The second-order valence-corrected chi connectivity index (χ2v) is 4.54. The average Bonchev–Trinajstić information content (AvgIpc) is 2.52. The van der Waals surface area contributed by atoms with E-state index in [1.54, 1.807) is 6.07 Å². The minimum Gasteiger partial charge on any atom is -0.438 e. The quantitative estimate of drug-likeness (QED) is 0.940. The van der Waals surface area contributed by atoms with Gasteiger partial charge in [0.25, 0.3) is 0 Å². The third-order valence-corrected chi connectivity index (χ3v) is 3.07. The standard InChI is InChI=1S/C14H13F2N3O2/c15-11-2-1-9(21-14-4-3-13(16)18-19-14)7-10(11)12-8-17-5-6-20-12/h1-4,7,12,17H,5-6,8H2/t12-/m0/s1. The van der Waals surface area contributed by atoms with E-state index in [-0.39, 0.29) is 17.8 Å². The van der Waals surface area contributed by atoms with Crippen molar-refractivity contribution in [1.29, 1.82) is 0 Å². The minimum absolute atomic E-state index is 0.136. The molecule has 0 spiro atoms. The maximum Gasteiger partial charge on any atom is 0.239 e. The third-order valence-electron chi connectivity index (χ3n) is 3.07. The van der Waals surface area contributed by atoms with E-state index in [0.717, 1.165) is 12.6 Å². The van der Waals surface area contributed by atoms with Crippen molar-refractivity contribution < 1.29 is 18.3 Å². The van der Waals surface area contributed by atoms with Crippen LogP contribution in [0.25, 0.3) is 0 Å². The first-order valence-electron chi connectivity index (χ1n) is 6.51. The fourth-order valence-electron chi connectivity index (χ4n) is 2.08. The van der Waals surface area contributed by atoms with E-state index >= 15 is 0 Å². The number of hydrogen-bond donors (Lipinski definition) is 1. The molecule has 1 fully saturated rings. The molecule has 1 aliphatic rings. The highest BCUT2D eigenvalue weighted by atomic mass is 19.1. The first-order valence-corrected chi connectivity index (χ1v) is 6.51. The number of aromatic nitrogens is 2. The highest BCUT2D eigenvalue weighted by molar-refractivity contribution is 5.34. The molecule has 0 saturated carbocycles. The molecule has 2 aromatic rings. The molecule has 1 aromatic carbocycles. The largest absolute Gasteiger partial charge is 0.438 e. The number of nitrogens with one attached hydrogen (secondary N) is 1. The fraction of sp³-hybridized carbons (Fsp3) is 0.286. The molecule has 0 amide bonds. The third kappa shape index (κ3) is 3.32. The maximum atomic E-state index is 13.9. The van der Waals surface area contributed by atoms with Gasteiger partial charge in [0, 0.05) is 30.8 Å². The number of morpholine rings is 1. The van der Waals surface area contributed by atoms with Crippen molar-refractivity contribution in [2.24, 2.45) is 0 Å². The second kappa shape index (κ2) is 6.11. The molecule has 7 heteroatoms. The van der Waals surface area contributed by atoms with Crippen molar-refractivity contribution in [2.75, 3.05) is 19.7 Å². The molecule has 21 heavy (non-hydrogen) atoms. The van der Waals surface area contributed by atoms with E-state index in [4.69, 9.17) is 9.47 Å². The van der Waals surface area contributed by atoms with Gasteiger partial charge >= 0.3 is 0 Å². The summed E-state index contributed by atoms with van der Waals surface area (Å²) in [5.41, 5.74) is 0.412. The molecule has 0 aliphatic carbocycles. The van der Waals surface area contributed by atoms with Crippen LogP contribution in [0.2, 0.25) is 0 Å². The highest BCUT2D eigenvalue weighted by Crippen LogP contribution is 2.28. The Kier molecular flexibility index (Phi) is 4.03. The van der Waals surface area contributed by atoms with Gasteiger partial charge < -0.3 is 14.8 Å². The SMILES string of the molecule is Fc1ccc(Oc2ccc(F)c([C@@H]3CNCCO3)c2)nn1. The lowest BCUT2D eigenvalue weighted by molar-refractivity contribution is 0.0254. The van der Waals surface area contributed by atoms with Gasteiger partial charge in [-0.15, -0.1) is 10.2 Å². The van der Waals surface area contributed by atoms with Crippen molar-refractivity contribution in [3.63, 3.8) is 0 Å². The van der Waals surface area contributed by atoms with Crippen LogP contribution in [0.15, 0.2) is 30.3 Å². The summed E-state index contributed by atoms with van der Waals surface area (Å²) in [6.07, 6.45) is -0.360. The highest BCUT2D eigenvalue weighted by Gasteiger charge is 2.20. The lowest BCUT2D eigenvalue weighted by Gasteiger charge is -2.24. The Balaban J connectivity index is 1.81. The Morgan fingerprint density at radius 1 is 1.19 bits per heavy atom. The molecule has 110 valence electrons. The Morgan fingerprint density at radius 3 is 2.81 bits per heavy atom. The molecule has 0 unspecified atom stereocenters. The Labute approximate surface area is 119 Å². The molecule has 1 N–H and O–H groups in total. The van der Waals surface area contributed by atoms with Gasteiger partial charge in [0.1, 0.15) is 11.6 Å². The van der Waals surface area contributed by atoms with Crippen LogP contribution in [-0.4, -0.2) is 29.9 Å². The molecule has 1 atom stereocenters. The molecule has 3 rings (SSSR count). The van der Waals surface area contributed by atoms with Crippen molar-refractivity contribution in [3.05, 3.63) is 47.7 Å². The zero-order chi connectivity index (χ0) is 14.7. The van der Waals surface area contributed by atoms with Crippen molar-refractivity contribution in [2.45, 2.75) is 6.10 Å². The van der Waals surface area contributed by atoms with Gasteiger partial charge in [-0.1, -0.05) is 0 Å². The topological polar surface area (TPSA) is 56.3 Å². The van der Waals surface area contributed by atoms with E-state index in [9.17, 15) is 8.78 Å². The van der Waals surface area contributed by atoms with Gasteiger partial charge in [0.2, 0.25) is 11.8 Å². The van der Waals surface area contributed by atoms with Crippen LogP contribution in [0.1, 0.15) is 11.7 Å². The summed E-state index contributed by atoms with van der Waals surface area (Å²) in [7, 11) is 0. The summed E-state index contributed by atoms with van der Waals surface area (Å²) in [5.74, 6) is -0.525. The minimum atomic E-state index is -0.691. The van der Waals surface area contributed by atoms with E-state index in [0.29, 0.717) is 24.5 Å². The van der Waals surface area contributed by atoms with Crippen molar-refractivity contribution in [1.82, 2.24) is 15.5 Å². The Bertz CT molecular complexity index is 616.